The first-order valence-corrected chi connectivity index (χ1v) is 6.88. The lowest BCUT2D eigenvalue weighted by Crippen LogP contribution is -2.22. The van der Waals surface area contributed by atoms with Gasteiger partial charge in [-0.15, -0.1) is 11.8 Å². The van der Waals surface area contributed by atoms with Crippen molar-refractivity contribution in [1.82, 2.24) is 28.9 Å². The molecule has 3 aromatic rings. The molecule has 3 heterocycles. The van der Waals surface area contributed by atoms with Crippen LogP contribution in [0.2, 0.25) is 0 Å². The van der Waals surface area contributed by atoms with Gasteiger partial charge >= 0.3 is 0 Å². The van der Waals surface area contributed by atoms with Crippen molar-refractivity contribution in [3.63, 3.8) is 0 Å². The molecule has 0 aromatic carbocycles. The van der Waals surface area contributed by atoms with Gasteiger partial charge in [0.15, 0.2) is 0 Å². The molecule has 0 saturated heterocycles. The van der Waals surface area contributed by atoms with E-state index in [1.165, 1.54) is 22.6 Å². The Kier molecular flexibility index (Phi) is 2.86. The first-order chi connectivity index (χ1) is 9.19. The van der Waals surface area contributed by atoms with E-state index in [0.29, 0.717) is 6.67 Å². The molecule has 3 aromatic heterocycles. The molecule has 0 unspecified atom stereocenters. The SMILES string of the molecule is CSc1cc2n(Cn3cncn3)c(C)cc(=O)n2n1. The van der Waals surface area contributed by atoms with E-state index in [2.05, 4.69) is 15.2 Å². The molecule has 19 heavy (non-hydrogen) atoms. The minimum Gasteiger partial charge on any atom is -0.310 e. The van der Waals surface area contributed by atoms with Crippen LogP contribution in [0.1, 0.15) is 5.69 Å². The van der Waals surface area contributed by atoms with E-state index in [1.807, 2.05) is 23.8 Å². The van der Waals surface area contributed by atoms with Gasteiger partial charge in [0.25, 0.3) is 5.56 Å². The summed E-state index contributed by atoms with van der Waals surface area (Å²) in [5.74, 6) is 0. The van der Waals surface area contributed by atoms with E-state index in [-0.39, 0.29) is 5.56 Å². The van der Waals surface area contributed by atoms with Crippen molar-refractivity contribution in [3.8, 4) is 0 Å². The quantitative estimate of drug-likeness (QED) is 0.656. The summed E-state index contributed by atoms with van der Waals surface area (Å²) in [5, 5.41) is 9.16. The Balaban J connectivity index is 2.22. The highest BCUT2D eigenvalue weighted by molar-refractivity contribution is 7.98. The third kappa shape index (κ3) is 2.03. The van der Waals surface area contributed by atoms with Gasteiger partial charge in [-0.1, -0.05) is 0 Å². The first kappa shape index (κ1) is 12.0. The fraction of sp³-hybridized carbons (Fsp3) is 0.273. The second-order valence-electron chi connectivity index (χ2n) is 4.09. The molecular weight excluding hydrogens is 264 g/mol. The van der Waals surface area contributed by atoms with Crippen LogP contribution in [-0.2, 0) is 6.67 Å². The first-order valence-electron chi connectivity index (χ1n) is 5.65. The zero-order chi connectivity index (χ0) is 13.4. The van der Waals surface area contributed by atoms with Crippen LogP contribution in [0.4, 0.5) is 0 Å². The average Bonchev–Trinajstić information content (AvgIpc) is 3.03. The molecule has 7 nitrogen and oxygen atoms in total. The summed E-state index contributed by atoms with van der Waals surface area (Å²) >= 11 is 1.51. The molecule has 98 valence electrons. The summed E-state index contributed by atoms with van der Waals surface area (Å²) < 4.78 is 5.09. The Morgan fingerprint density at radius 1 is 1.37 bits per heavy atom. The number of thioether (sulfide) groups is 1. The number of fused-ring (bicyclic) bond motifs is 1. The van der Waals surface area contributed by atoms with Crippen LogP contribution in [0.15, 0.2) is 34.6 Å². The monoisotopic (exact) mass is 276 g/mol. The van der Waals surface area contributed by atoms with Gasteiger partial charge in [0.2, 0.25) is 0 Å². The van der Waals surface area contributed by atoms with Gasteiger partial charge in [-0.05, 0) is 13.2 Å². The molecule has 0 N–H and O–H groups in total. The second-order valence-corrected chi connectivity index (χ2v) is 4.91. The van der Waals surface area contributed by atoms with Crippen molar-refractivity contribution >= 4 is 17.4 Å². The minimum absolute atomic E-state index is 0.123. The van der Waals surface area contributed by atoms with Crippen molar-refractivity contribution in [3.05, 3.63) is 40.8 Å². The largest absolute Gasteiger partial charge is 0.310 e. The molecule has 3 rings (SSSR count). The van der Waals surface area contributed by atoms with E-state index in [4.69, 9.17) is 0 Å². The van der Waals surface area contributed by atoms with Crippen molar-refractivity contribution in [2.45, 2.75) is 18.6 Å². The van der Waals surface area contributed by atoms with Crippen molar-refractivity contribution in [2.75, 3.05) is 6.26 Å². The Morgan fingerprint density at radius 3 is 2.89 bits per heavy atom. The Labute approximate surface area is 112 Å². The van der Waals surface area contributed by atoms with E-state index in [9.17, 15) is 4.79 Å². The van der Waals surface area contributed by atoms with Crippen LogP contribution in [0.3, 0.4) is 0 Å². The van der Waals surface area contributed by atoms with E-state index in [1.54, 1.807) is 17.1 Å². The number of nitrogens with zero attached hydrogens (tertiary/aromatic N) is 6. The Hall–Kier alpha value is -2.09. The average molecular weight is 276 g/mol. The van der Waals surface area contributed by atoms with Crippen LogP contribution in [0.25, 0.3) is 5.65 Å². The van der Waals surface area contributed by atoms with E-state index in [0.717, 1.165) is 16.4 Å². The van der Waals surface area contributed by atoms with Crippen molar-refractivity contribution in [1.29, 1.82) is 0 Å². The summed E-state index contributed by atoms with van der Waals surface area (Å²) in [7, 11) is 0. The van der Waals surface area contributed by atoms with Gasteiger partial charge in [0.05, 0.1) is 0 Å². The number of rotatable bonds is 3. The Bertz CT molecular complexity index is 772. The molecule has 0 amide bonds. The summed E-state index contributed by atoms with van der Waals surface area (Å²) in [4.78, 5) is 15.8. The molecule has 0 radical (unpaired) electrons. The maximum atomic E-state index is 11.9. The van der Waals surface area contributed by atoms with Gasteiger partial charge in [-0.2, -0.15) is 14.7 Å². The molecule has 0 atom stereocenters. The highest BCUT2D eigenvalue weighted by Crippen LogP contribution is 2.15. The summed E-state index contributed by atoms with van der Waals surface area (Å²) in [6.07, 6.45) is 5.06. The molecule has 0 spiro atoms. The Morgan fingerprint density at radius 2 is 2.21 bits per heavy atom. The van der Waals surface area contributed by atoms with Gasteiger partial charge in [0.1, 0.15) is 30.0 Å². The van der Waals surface area contributed by atoms with Crippen LogP contribution in [0, 0.1) is 6.92 Å². The molecule has 0 aliphatic carbocycles. The normalized spacial score (nSPS) is 11.3. The van der Waals surface area contributed by atoms with Crippen LogP contribution < -0.4 is 5.56 Å². The van der Waals surface area contributed by atoms with Crippen LogP contribution in [0.5, 0.6) is 0 Å². The zero-order valence-corrected chi connectivity index (χ0v) is 11.3. The smallest absolute Gasteiger partial charge is 0.274 e. The fourth-order valence-corrected chi connectivity index (χ4v) is 2.32. The summed E-state index contributed by atoms with van der Waals surface area (Å²) in [6, 6.07) is 3.47. The lowest BCUT2D eigenvalue weighted by Gasteiger charge is -2.11. The lowest BCUT2D eigenvalue weighted by molar-refractivity contribution is 0.538. The van der Waals surface area contributed by atoms with E-state index >= 15 is 0 Å². The number of aromatic nitrogens is 6. The van der Waals surface area contributed by atoms with Crippen LogP contribution >= 0.6 is 11.8 Å². The fourth-order valence-electron chi connectivity index (χ4n) is 1.94. The zero-order valence-electron chi connectivity index (χ0n) is 10.5. The highest BCUT2D eigenvalue weighted by Gasteiger charge is 2.10. The topological polar surface area (TPSA) is 70.0 Å². The summed E-state index contributed by atoms with van der Waals surface area (Å²) in [5.41, 5.74) is 1.49. The molecule has 0 fully saturated rings. The standard InChI is InChI=1S/C11H12N6OS/c1-8-3-11(18)17-10(4-9(14-17)19-2)16(8)7-15-6-12-5-13-15/h3-6H,7H2,1-2H3. The third-order valence-corrected chi connectivity index (χ3v) is 3.49. The number of hydrogen-bond acceptors (Lipinski definition) is 5. The van der Waals surface area contributed by atoms with Gasteiger partial charge < -0.3 is 4.57 Å². The number of hydrogen-bond donors (Lipinski definition) is 0. The summed E-state index contributed by atoms with van der Waals surface area (Å²) in [6.45, 7) is 2.39. The molecule has 0 bridgehead atoms. The van der Waals surface area contributed by atoms with Gasteiger partial charge in [-0.25, -0.2) is 9.67 Å². The maximum Gasteiger partial charge on any atom is 0.274 e. The molecule has 0 aliphatic heterocycles. The van der Waals surface area contributed by atoms with Gasteiger partial charge in [0, 0.05) is 17.8 Å². The molecule has 8 heteroatoms. The lowest BCUT2D eigenvalue weighted by atomic mass is 10.4. The highest BCUT2D eigenvalue weighted by atomic mass is 32.2. The molecular formula is C11H12N6OS. The third-order valence-electron chi connectivity index (χ3n) is 2.87. The molecule has 0 saturated carbocycles. The number of aryl methyl sites for hydroxylation is 1. The van der Waals surface area contributed by atoms with Crippen molar-refractivity contribution in [2.24, 2.45) is 0 Å². The van der Waals surface area contributed by atoms with Crippen LogP contribution in [-0.4, -0.2) is 35.2 Å². The van der Waals surface area contributed by atoms with Gasteiger partial charge in [-0.3, -0.25) is 4.79 Å². The maximum absolute atomic E-state index is 11.9. The van der Waals surface area contributed by atoms with E-state index < -0.39 is 0 Å². The predicted octanol–water partition coefficient (Wildman–Crippen LogP) is 0.624. The predicted molar refractivity (Wildman–Crippen MR) is 71.4 cm³/mol. The minimum atomic E-state index is -0.123. The molecule has 0 aliphatic rings. The van der Waals surface area contributed by atoms with Crippen molar-refractivity contribution < 1.29 is 0 Å². The second kappa shape index (κ2) is 4.54.